The Kier molecular flexibility index (Phi) is 5.98. The van der Waals surface area contributed by atoms with E-state index in [0.29, 0.717) is 11.3 Å². The van der Waals surface area contributed by atoms with Gasteiger partial charge in [-0.2, -0.15) is 4.31 Å². The van der Waals surface area contributed by atoms with E-state index in [1.165, 1.54) is 30.6 Å². The van der Waals surface area contributed by atoms with E-state index in [1.54, 1.807) is 13.0 Å². The highest BCUT2D eigenvalue weighted by Crippen LogP contribution is 2.26. The highest BCUT2D eigenvalue weighted by molar-refractivity contribution is 7.89. The van der Waals surface area contributed by atoms with Crippen molar-refractivity contribution in [3.8, 4) is 5.75 Å². The summed E-state index contributed by atoms with van der Waals surface area (Å²) < 4.78 is 37.4. The number of benzene rings is 1. The molecule has 0 radical (unpaired) electrons. The average Bonchev–Trinajstić information content (AvgIpc) is 3.08. The van der Waals surface area contributed by atoms with Crippen LogP contribution < -0.4 is 15.4 Å². The minimum absolute atomic E-state index is 0.110. The van der Waals surface area contributed by atoms with Crippen LogP contribution >= 0.6 is 0 Å². The number of amides is 2. The van der Waals surface area contributed by atoms with Gasteiger partial charge < -0.3 is 20.1 Å². The van der Waals surface area contributed by atoms with Crippen LogP contribution in [0.25, 0.3) is 0 Å². The number of nitrogens with one attached hydrogen (secondary N) is 2. The van der Waals surface area contributed by atoms with Gasteiger partial charge in [0.1, 0.15) is 12.0 Å². The number of likely N-dealkylation sites (N-methyl/N-ethyl adjacent to an activating group) is 1. The molecule has 1 atom stereocenters. The van der Waals surface area contributed by atoms with E-state index >= 15 is 0 Å². The Balaban J connectivity index is 2.16. The molecule has 0 saturated carbocycles. The van der Waals surface area contributed by atoms with E-state index < -0.39 is 28.1 Å². The van der Waals surface area contributed by atoms with Crippen LogP contribution in [-0.4, -0.2) is 64.6 Å². The third-order valence-corrected chi connectivity index (χ3v) is 5.67. The Labute approximate surface area is 146 Å². The van der Waals surface area contributed by atoms with Crippen molar-refractivity contribution in [2.75, 3.05) is 33.9 Å². The molecule has 0 unspecified atom stereocenters. The second-order valence-corrected chi connectivity index (χ2v) is 7.25. The van der Waals surface area contributed by atoms with Gasteiger partial charge in [0.25, 0.3) is 0 Å². The number of ether oxygens (including phenoxy) is 2. The number of hydrogen-bond acceptors (Lipinski definition) is 6. The maximum Gasteiger partial charge on any atom is 0.309 e. The number of carbonyl (C=O) groups excluding carboxylic acids is 2. The number of carbonyl (C=O) groups is 2. The van der Waals surface area contributed by atoms with Crippen LogP contribution in [0.5, 0.6) is 5.75 Å². The number of methoxy groups -OCH3 is 1. The van der Waals surface area contributed by atoms with Crippen LogP contribution in [0.1, 0.15) is 5.56 Å². The highest BCUT2D eigenvalue weighted by atomic mass is 32.2. The Bertz CT molecular complexity index is 765. The summed E-state index contributed by atoms with van der Waals surface area (Å²) in [6.07, 6.45) is -0.874. The number of sulfonamides is 1. The molecule has 0 spiro atoms. The zero-order valence-electron chi connectivity index (χ0n) is 14.2. The minimum Gasteiger partial charge on any atom is -0.496 e. The van der Waals surface area contributed by atoms with Gasteiger partial charge in [-0.15, -0.1) is 0 Å². The number of rotatable bonds is 5. The fourth-order valence-corrected chi connectivity index (χ4v) is 4.06. The molecule has 2 amide bonds. The van der Waals surface area contributed by atoms with E-state index in [1.807, 2.05) is 0 Å². The molecule has 1 fully saturated rings. The molecule has 1 aromatic rings. The van der Waals surface area contributed by atoms with Crippen molar-refractivity contribution in [1.82, 2.24) is 14.9 Å². The second kappa shape index (κ2) is 7.81. The lowest BCUT2D eigenvalue weighted by Gasteiger charge is -2.23. The molecule has 10 heteroatoms. The van der Waals surface area contributed by atoms with E-state index in [4.69, 9.17) is 9.47 Å². The number of nitrogens with zero attached hydrogens (tertiary/aromatic N) is 1. The molecule has 1 aliphatic heterocycles. The van der Waals surface area contributed by atoms with Crippen molar-refractivity contribution in [2.45, 2.75) is 18.0 Å². The topological polar surface area (TPSA) is 114 Å². The molecule has 9 nitrogen and oxygen atoms in total. The lowest BCUT2D eigenvalue weighted by atomic mass is 10.2. The van der Waals surface area contributed by atoms with E-state index in [0.717, 1.165) is 0 Å². The van der Waals surface area contributed by atoms with Gasteiger partial charge in [0.05, 0.1) is 25.2 Å². The van der Waals surface area contributed by atoms with Crippen LogP contribution in [0.2, 0.25) is 0 Å². The third-order valence-electron chi connectivity index (χ3n) is 3.79. The first kappa shape index (κ1) is 19.2. The summed E-state index contributed by atoms with van der Waals surface area (Å²) in [6, 6.07) is 4.56. The predicted molar refractivity (Wildman–Crippen MR) is 88.4 cm³/mol. The molecule has 1 aliphatic rings. The Hall–Kier alpha value is -2.17. The lowest BCUT2D eigenvalue weighted by Crippen LogP contribution is -2.46. The van der Waals surface area contributed by atoms with E-state index in [-0.39, 0.29) is 24.6 Å². The SMILES string of the molecule is CNC(=O)C(=O)NC[C@H]1OCCN1S(=O)(=O)c1ccc(OC)c(C)c1. The highest BCUT2D eigenvalue weighted by Gasteiger charge is 2.36. The molecule has 1 saturated heterocycles. The zero-order chi connectivity index (χ0) is 18.6. The van der Waals surface area contributed by atoms with E-state index in [2.05, 4.69) is 10.6 Å². The normalized spacial score (nSPS) is 18.0. The quantitative estimate of drug-likeness (QED) is 0.656. The first-order chi connectivity index (χ1) is 11.8. The lowest BCUT2D eigenvalue weighted by molar-refractivity contribution is -0.139. The molecule has 1 heterocycles. The Morgan fingerprint density at radius 3 is 2.68 bits per heavy atom. The first-order valence-electron chi connectivity index (χ1n) is 7.59. The summed E-state index contributed by atoms with van der Waals surface area (Å²) in [5.41, 5.74) is 0.688. The van der Waals surface area contributed by atoms with Crippen molar-refractivity contribution < 1.29 is 27.5 Å². The molecule has 1 aromatic carbocycles. The van der Waals surface area contributed by atoms with Crippen LogP contribution in [0.4, 0.5) is 0 Å². The van der Waals surface area contributed by atoms with Crippen molar-refractivity contribution >= 4 is 21.8 Å². The van der Waals surface area contributed by atoms with Crippen LogP contribution in [0.3, 0.4) is 0 Å². The van der Waals surface area contributed by atoms with Gasteiger partial charge >= 0.3 is 11.8 Å². The fourth-order valence-electron chi connectivity index (χ4n) is 2.46. The number of aryl methyl sites for hydroxylation is 1. The van der Waals surface area contributed by atoms with Gasteiger partial charge in [-0.3, -0.25) is 9.59 Å². The molecule has 0 aromatic heterocycles. The van der Waals surface area contributed by atoms with Crippen molar-refractivity contribution in [3.05, 3.63) is 23.8 Å². The summed E-state index contributed by atoms with van der Waals surface area (Å²) in [6.45, 7) is 1.99. The average molecular weight is 371 g/mol. The molecule has 2 rings (SSSR count). The summed E-state index contributed by atoms with van der Waals surface area (Å²) in [5, 5.41) is 4.55. The van der Waals surface area contributed by atoms with Gasteiger partial charge in [0, 0.05) is 13.6 Å². The van der Waals surface area contributed by atoms with Crippen molar-refractivity contribution in [3.63, 3.8) is 0 Å². The van der Waals surface area contributed by atoms with Gasteiger partial charge in [0.2, 0.25) is 10.0 Å². The smallest absolute Gasteiger partial charge is 0.309 e. The van der Waals surface area contributed by atoms with Gasteiger partial charge in [-0.05, 0) is 30.7 Å². The Morgan fingerprint density at radius 1 is 1.36 bits per heavy atom. The summed E-state index contributed by atoms with van der Waals surface area (Å²) >= 11 is 0. The maximum absolute atomic E-state index is 12.8. The van der Waals surface area contributed by atoms with Gasteiger partial charge in [-0.25, -0.2) is 8.42 Å². The standard InChI is InChI=1S/C15H21N3O6S/c1-10-8-11(4-5-12(10)23-3)25(21,22)18-6-7-24-13(18)9-17-15(20)14(19)16-2/h4-5,8,13H,6-7,9H2,1-3H3,(H,16,19)(H,17,20)/t13-/m1/s1. The molecular weight excluding hydrogens is 350 g/mol. The summed E-state index contributed by atoms with van der Waals surface area (Å²) in [5.74, 6) is -1.07. The summed E-state index contributed by atoms with van der Waals surface area (Å²) in [7, 11) is -0.968. The van der Waals surface area contributed by atoms with Crippen molar-refractivity contribution in [1.29, 1.82) is 0 Å². The molecule has 0 bridgehead atoms. The molecule has 25 heavy (non-hydrogen) atoms. The van der Waals surface area contributed by atoms with Crippen LogP contribution in [0, 0.1) is 6.92 Å². The zero-order valence-corrected chi connectivity index (χ0v) is 15.1. The Morgan fingerprint density at radius 2 is 2.08 bits per heavy atom. The van der Waals surface area contributed by atoms with Crippen LogP contribution in [-0.2, 0) is 24.3 Å². The monoisotopic (exact) mass is 371 g/mol. The third kappa shape index (κ3) is 4.09. The molecular formula is C15H21N3O6S. The summed E-state index contributed by atoms with van der Waals surface area (Å²) in [4.78, 5) is 22.8. The maximum atomic E-state index is 12.8. The van der Waals surface area contributed by atoms with Gasteiger partial charge in [-0.1, -0.05) is 0 Å². The molecule has 0 aliphatic carbocycles. The van der Waals surface area contributed by atoms with E-state index in [9.17, 15) is 18.0 Å². The minimum atomic E-state index is -3.81. The number of hydrogen-bond donors (Lipinski definition) is 2. The largest absolute Gasteiger partial charge is 0.496 e. The first-order valence-corrected chi connectivity index (χ1v) is 9.03. The van der Waals surface area contributed by atoms with Gasteiger partial charge in [0.15, 0.2) is 0 Å². The van der Waals surface area contributed by atoms with Crippen LogP contribution in [0.15, 0.2) is 23.1 Å². The predicted octanol–water partition coefficient (Wildman–Crippen LogP) is -0.787. The molecule has 2 N–H and O–H groups in total. The second-order valence-electron chi connectivity index (χ2n) is 5.36. The molecule has 138 valence electrons. The fraction of sp³-hybridized carbons (Fsp3) is 0.467. The van der Waals surface area contributed by atoms with Crippen molar-refractivity contribution in [2.24, 2.45) is 0 Å².